The maximum Gasteiger partial charge on any atom is 0.254 e. The van der Waals surface area contributed by atoms with E-state index in [1.54, 1.807) is 0 Å². The monoisotopic (exact) mass is 354 g/mol. The highest BCUT2D eigenvalue weighted by molar-refractivity contribution is 9.10. The summed E-state index contributed by atoms with van der Waals surface area (Å²) in [7, 11) is 0. The molecule has 1 amide bonds. The lowest BCUT2D eigenvalue weighted by Crippen LogP contribution is -2.43. The van der Waals surface area contributed by atoms with Crippen molar-refractivity contribution in [2.24, 2.45) is 5.73 Å². The van der Waals surface area contributed by atoms with E-state index >= 15 is 0 Å². The van der Waals surface area contributed by atoms with E-state index in [1.165, 1.54) is 12.8 Å². The van der Waals surface area contributed by atoms with E-state index < -0.39 is 0 Å². The van der Waals surface area contributed by atoms with Gasteiger partial charge in [0.25, 0.3) is 5.91 Å². The molecular formula is C15H19BrN2OS. The van der Waals surface area contributed by atoms with Crippen LogP contribution < -0.4 is 5.73 Å². The number of aryl methyl sites for hydroxylation is 1. The molecule has 5 heteroatoms. The Bertz CT molecular complexity index is 527. The fourth-order valence-electron chi connectivity index (χ4n) is 2.64. The quantitative estimate of drug-likeness (QED) is 0.842. The Balaban J connectivity index is 2.24. The molecule has 0 radical (unpaired) electrons. The number of hydrogen-bond acceptors (Lipinski definition) is 2. The first-order chi connectivity index (χ1) is 9.49. The van der Waals surface area contributed by atoms with E-state index in [0.717, 1.165) is 22.9 Å². The molecule has 1 saturated carbocycles. The van der Waals surface area contributed by atoms with Gasteiger partial charge in [-0.15, -0.1) is 0 Å². The number of benzene rings is 1. The average Bonchev–Trinajstić information content (AvgIpc) is 2.92. The molecule has 0 aliphatic heterocycles. The molecule has 20 heavy (non-hydrogen) atoms. The number of carbonyl (C=O) groups is 1. The zero-order valence-corrected chi connectivity index (χ0v) is 14.0. The summed E-state index contributed by atoms with van der Waals surface area (Å²) in [4.78, 5) is 14.9. The number of thiocarbonyl (C=S) groups is 1. The van der Waals surface area contributed by atoms with Crippen LogP contribution in [0.5, 0.6) is 0 Å². The third kappa shape index (κ3) is 3.58. The Kier molecular flexibility index (Phi) is 5.16. The molecular weight excluding hydrogens is 336 g/mol. The van der Waals surface area contributed by atoms with Gasteiger partial charge in [-0.05, 0) is 37.5 Å². The third-order valence-corrected chi connectivity index (χ3v) is 4.75. The number of halogens is 1. The van der Waals surface area contributed by atoms with Gasteiger partial charge in [0.05, 0.1) is 11.5 Å². The molecule has 1 aliphatic rings. The Hall–Kier alpha value is -0.940. The van der Waals surface area contributed by atoms with Crippen LogP contribution in [0, 0.1) is 6.92 Å². The summed E-state index contributed by atoms with van der Waals surface area (Å²) in [6.07, 6.45) is 4.43. The summed E-state index contributed by atoms with van der Waals surface area (Å²) in [6.45, 7) is 2.37. The van der Waals surface area contributed by atoms with Gasteiger partial charge in [0.1, 0.15) is 0 Å². The lowest BCUT2D eigenvalue weighted by Gasteiger charge is -2.28. The number of rotatable bonds is 4. The molecule has 0 spiro atoms. The van der Waals surface area contributed by atoms with E-state index in [2.05, 4.69) is 15.9 Å². The second-order valence-electron chi connectivity index (χ2n) is 5.30. The van der Waals surface area contributed by atoms with E-state index in [9.17, 15) is 4.79 Å². The largest absolute Gasteiger partial charge is 0.392 e. The SMILES string of the molecule is Cc1ccc(C(=O)N(CC(N)=S)C2CCCC2)cc1Br. The molecule has 0 heterocycles. The van der Waals surface area contributed by atoms with Crippen LogP contribution in [0.15, 0.2) is 22.7 Å². The standard InChI is InChI=1S/C15H19BrN2OS/c1-10-6-7-11(8-13(10)16)15(19)18(9-14(17)20)12-4-2-3-5-12/h6-8,12H,2-5,9H2,1H3,(H2,17,20). The fourth-order valence-corrected chi connectivity index (χ4v) is 3.16. The molecule has 0 bridgehead atoms. The van der Waals surface area contributed by atoms with Crippen molar-refractivity contribution in [2.75, 3.05) is 6.54 Å². The highest BCUT2D eigenvalue weighted by atomic mass is 79.9. The zero-order chi connectivity index (χ0) is 14.7. The highest BCUT2D eigenvalue weighted by Crippen LogP contribution is 2.26. The number of nitrogens with two attached hydrogens (primary N) is 1. The van der Waals surface area contributed by atoms with Crippen LogP contribution in [0.25, 0.3) is 0 Å². The van der Waals surface area contributed by atoms with Crippen molar-refractivity contribution in [1.82, 2.24) is 4.90 Å². The van der Waals surface area contributed by atoms with E-state index in [-0.39, 0.29) is 11.9 Å². The lowest BCUT2D eigenvalue weighted by atomic mass is 10.1. The summed E-state index contributed by atoms with van der Waals surface area (Å²) in [5.41, 5.74) is 7.46. The number of amides is 1. The molecule has 1 fully saturated rings. The molecule has 0 atom stereocenters. The van der Waals surface area contributed by atoms with Crippen LogP contribution in [0.1, 0.15) is 41.6 Å². The van der Waals surface area contributed by atoms with Crippen LogP contribution in [-0.2, 0) is 0 Å². The second kappa shape index (κ2) is 6.68. The molecule has 1 aromatic rings. The Morgan fingerprint density at radius 3 is 2.65 bits per heavy atom. The average molecular weight is 355 g/mol. The number of nitrogens with zero attached hydrogens (tertiary/aromatic N) is 1. The zero-order valence-electron chi connectivity index (χ0n) is 11.6. The lowest BCUT2D eigenvalue weighted by molar-refractivity contribution is 0.0714. The molecule has 0 aromatic heterocycles. The highest BCUT2D eigenvalue weighted by Gasteiger charge is 2.27. The molecule has 1 aliphatic carbocycles. The van der Waals surface area contributed by atoms with Crippen LogP contribution in [-0.4, -0.2) is 28.4 Å². The summed E-state index contributed by atoms with van der Waals surface area (Å²) in [6, 6.07) is 5.96. The maximum atomic E-state index is 12.7. The minimum atomic E-state index is 0.0189. The van der Waals surface area contributed by atoms with Crippen molar-refractivity contribution < 1.29 is 4.79 Å². The van der Waals surface area contributed by atoms with Crippen molar-refractivity contribution in [3.8, 4) is 0 Å². The normalized spacial score (nSPS) is 15.3. The molecule has 0 saturated heterocycles. The summed E-state index contributed by atoms with van der Waals surface area (Å²) < 4.78 is 0.949. The first-order valence-corrected chi connectivity index (χ1v) is 8.04. The van der Waals surface area contributed by atoms with Crippen LogP contribution >= 0.6 is 28.1 Å². The third-order valence-electron chi connectivity index (χ3n) is 3.77. The molecule has 108 valence electrons. The smallest absolute Gasteiger partial charge is 0.254 e. The number of hydrogen-bond donors (Lipinski definition) is 1. The Morgan fingerprint density at radius 1 is 1.45 bits per heavy atom. The van der Waals surface area contributed by atoms with Crippen LogP contribution in [0.2, 0.25) is 0 Å². The van der Waals surface area contributed by atoms with Crippen LogP contribution in [0.3, 0.4) is 0 Å². The predicted octanol–water partition coefficient (Wildman–Crippen LogP) is 3.43. The van der Waals surface area contributed by atoms with Gasteiger partial charge in [0.15, 0.2) is 0 Å². The predicted molar refractivity (Wildman–Crippen MR) is 89.0 cm³/mol. The van der Waals surface area contributed by atoms with Crippen molar-refractivity contribution in [3.05, 3.63) is 33.8 Å². The Labute approximate surface area is 133 Å². The van der Waals surface area contributed by atoms with E-state index in [1.807, 2.05) is 30.0 Å². The molecule has 2 rings (SSSR count). The Morgan fingerprint density at radius 2 is 2.10 bits per heavy atom. The van der Waals surface area contributed by atoms with Gasteiger partial charge >= 0.3 is 0 Å². The minimum absolute atomic E-state index is 0.0189. The molecule has 1 aromatic carbocycles. The molecule has 3 nitrogen and oxygen atoms in total. The van der Waals surface area contributed by atoms with Crippen molar-refractivity contribution in [2.45, 2.75) is 38.6 Å². The topological polar surface area (TPSA) is 46.3 Å². The van der Waals surface area contributed by atoms with Gasteiger partial charge in [-0.3, -0.25) is 4.79 Å². The summed E-state index contributed by atoms with van der Waals surface area (Å²) in [5, 5.41) is 0. The van der Waals surface area contributed by atoms with Gasteiger partial charge in [-0.25, -0.2) is 0 Å². The molecule has 2 N–H and O–H groups in total. The fraction of sp³-hybridized carbons (Fsp3) is 0.467. The van der Waals surface area contributed by atoms with Gasteiger partial charge in [-0.1, -0.05) is 47.1 Å². The van der Waals surface area contributed by atoms with E-state index in [0.29, 0.717) is 17.1 Å². The first-order valence-electron chi connectivity index (χ1n) is 6.84. The maximum absolute atomic E-state index is 12.7. The summed E-state index contributed by atoms with van der Waals surface area (Å²) in [5.74, 6) is 0.0189. The van der Waals surface area contributed by atoms with Gasteiger partial charge in [0, 0.05) is 16.1 Å². The second-order valence-corrected chi connectivity index (χ2v) is 6.68. The van der Waals surface area contributed by atoms with Crippen molar-refractivity contribution >= 4 is 39.0 Å². The minimum Gasteiger partial charge on any atom is -0.392 e. The van der Waals surface area contributed by atoms with Gasteiger partial charge < -0.3 is 10.6 Å². The molecule has 0 unspecified atom stereocenters. The van der Waals surface area contributed by atoms with Gasteiger partial charge in [0.2, 0.25) is 0 Å². The van der Waals surface area contributed by atoms with Crippen LogP contribution in [0.4, 0.5) is 0 Å². The van der Waals surface area contributed by atoms with Crippen molar-refractivity contribution in [3.63, 3.8) is 0 Å². The first kappa shape index (κ1) is 15.4. The van der Waals surface area contributed by atoms with E-state index in [4.69, 9.17) is 18.0 Å². The van der Waals surface area contributed by atoms with Gasteiger partial charge in [-0.2, -0.15) is 0 Å². The summed E-state index contributed by atoms with van der Waals surface area (Å²) >= 11 is 8.47. The number of carbonyl (C=O) groups excluding carboxylic acids is 1. The van der Waals surface area contributed by atoms with Crippen molar-refractivity contribution in [1.29, 1.82) is 0 Å².